The number of ether oxygens (including phenoxy) is 1. The number of aromatic nitrogens is 1. The van der Waals surface area contributed by atoms with E-state index in [-0.39, 0.29) is 23.9 Å². The van der Waals surface area contributed by atoms with Gasteiger partial charge < -0.3 is 9.84 Å². The molecule has 1 aromatic rings. The lowest BCUT2D eigenvalue weighted by molar-refractivity contribution is 0.300. The number of aliphatic hydroxyl groups excluding tert-OH is 1. The van der Waals surface area contributed by atoms with E-state index in [9.17, 15) is 8.42 Å². The van der Waals surface area contributed by atoms with E-state index in [1.807, 2.05) is 0 Å². The highest BCUT2D eigenvalue weighted by atomic mass is 79.9. The number of pyridine rings is 1. The van der Waals surface area contributed by atoms with Gasteiger partial charge in [0, 0.05) is 17.2 Å². The average Bonchev–Trinajstić information content (AvgIpc) is 2.26. The maximum atomic E-state index is 11.8. The molecule has 0 aliphatic rings. The Labute approximate surface area is 102 Å². The molecule has 16 heavy (non-hydrogen) atoms. The molecule has 0 aliphatic heterocycles. The summed E-state index contributed by atoms with van der Waals surface area (Å²) in [6.45, 7) is -0.332. The van der Waals surface area contributed by atoms with Crippen LogP contribution in [0, 0.1) is 0 Å². The van der Waals surface area contributed by atoms with Crippen molar-refractivity contribution in [2.75, 3.05) is 20.3 Å². The fourth-order valence-electron chi connectivity index (χ4n) is 1.01. The Kier molecular flexibility index (Phi) is 4.66. The zero-order valence-corrected chi connectivity index (χ0v) is 10.9. The fraction of sp³-hybridized carbons (Fsp3) is 0.375. The molecule has 0 atom stereocenters. The molecule has 0 unspecified atom stereocenters. The van der Waals surface area contributed by atoms with E-state index in [4.69, 9.17) is 9.84 Å². The highest BCUT2D eigenvalue weighted by molar-refractivity contribution is 9.10. The molecule has 1 rings (SSSR count). The number of nitrogens with one attached hydrogen (secondary N) is 1. The number of sulfonamides is 1. The number of aliphatic hydroxyl groups is 1. The molecule has 0 spiro atoms. The summed E-state index contributed by atoms with van der Waals surface area (Å²) in [5.41, 5.74) is 0. The second kappa shape index (κ2) is 5.58. The van der Waals surface area contributed by atoms with Crippen LogP contribution in [-0.2, 0) is 10.0 Å². The maximum absolute atomic E-state index is 11.8. The highest BCUT2D eigenvalue weighted by Gasteiger charge is 2.20. The minimum absolute atomic E-state index is 0.00800. The van der Waals surface area contributed by atoms with Crippen molar-refractivity contribution in [3.63, 3.8) is 0 Å². The summed E-state index contributed by atoms with van der Waals surface area (Å²) in [4.78, 5) is 3.75. The number of hydrogen-bond donors (Lipinski definition) is 2. The van der Waals surface area contributed by atoms with Gasteiger partial charge in [-0.2, -0.15) is 0 Å². The van der Waals surface area contributed by atoms with E-state index < -0.39 is 10.0 Å². The minimum Gasteiger partial charge on any atom is -0.480 e. The third-order valence-corrected chi connectivity index (χ3v) is 3.56. The van der Waals surface area contributed by atoms with Crippen molar-refractivity contribution in [1.82, 2.24) is 9.71 Å². The standard InChI is InChI=1S/C8H11BrN2O4S/c1-15-8-7(4-6(9)5-10-8)16(13,14)11-2-3-12/h4-5,11-12H,2-3H2,1H3. The molecule has 2 N–H and O–H groups in total. The van der Waals surface area contributed by atoms with Gasteiger partial charge in [-0.15, -0.1) is 0 Å². The molecule has 6 nitrogen and oxygen atoms in total. The number of hydrogen-bond acceptors (Lipinski definition) is 5. The van der Waals surface area contributed by atoms with E-state index in [2.05, 4.69) is 25.6 Å². The molecule has 0 saturated heterocycles. The molecule has 0 saturated carbocycles. The van der Waals surface area contributed by atoms with E-state index >= 15 is 0 Å². The van der Waals surface area contributed by atoms with Gasteiger partial charge in [0.1, 0.15) is 4.90 Å². The summed E-state index contributed by atoms with van der Waals surface area (Å²) in [5, 5.41) is 8.57. The summed E-state index contributed by atoms with van der Waals surface area (Å²) in [6.07, 6.45) is 1.43. The third kappa shape index (κ3) is 3.14. The van der Waals surface area contributed by atoms with E-state index in [0.29, 0.717) is 4.47 Å². The van der Waals surface area contributed by atoms with Gasteiger partial charge in [0.2, 0.25) is 15.9 Å². The van der Waals surface area contributed by atoms with Crippen molar-refractivity contribution in [3.8, 4) is 5.88 Å². The lowest BCUT2D eigenvalue weighted by Gasteiger charge is -2.09. The van der Waals surface area contributed by atoms with Gasteiger partial charge in [-0.05, 0) is 22.0 Å². The van der Waals surface area contributed by atoms with Crippen LogP contribution in [0.3, 0.4) is 0 Å². The van der Waals surface area contributed by atoms with Crippen molar-refractivity contribution in [2.45, 2.75) is 4.90 Å². The predicted molar refractivity (Wildman–Crippen MR) is 60.8 cm³/mol. The maximum Gasteiger partial charge on any atom is 0.246 e. The topological polar surface area (TPSA) is 88.5 Å². The van der Waals surface area contributed by atoms with Gasteiger partial charge in [-0.25, -0.2) is 18.1 Å². The molecule has 90 valence electrons. The molecular weight excluding hydrogens is 300 g/mol. The second-order valence-electron chi connectivity index (χ2n) is 2.78. The molecule has 1 aromatic heterocycles. The largest absolute Gasteiger partial charge is 0.480 e. The van der Waals surface area contributed by atoms with Crippen molar-refractivity contribution >= 4 is 26.0 Å². The highest BCUT2D eigenvalue weighted by Crippen LogP contribution is 2.23. The molecule has 0 aromatic carbocycles. The van der Waals surface area contributed by atoms with Gasteiger partial charge in [-0.3, -0.25) is 0 Å². The normalized spacial score (nSPS) is 11.4. The summed E-state index contributed by atoms with van der Waals surface area (Å²) in [7, 11) is -2.38. The van der Waals surface area contributed by atoms with Crippen LogP contribution in [0.5, 0.6) is 5.88 Å². The van der Waals surface area contributed by atoms with Gasteiger partial charge in [0.25, 0.3) is 0 Å². The van der Waals surface area contributed by atoms with Crippen LogP contribution in [0.15, 0.2) is 21.6 Å². The quantitative estimate of drug-likeness (QED) is 0.806. The molecule has 0 amide bonds. The number of nitrogens with zero attached hydrogens (tertiary/aromatic N) is 1. The minimum atomic E-state index is -3.72. The van der Waals surface area contributed by atoms with Crippen LogP contribution < -0.4 is 9.46 Å². The van der Waals surface area contributed by atoms with Crippen LogP contribution in [0.1, 0.15) is 0 Å². The number of rotatable bonds is 5. The number of halogens is 1. The van der Waals surface area contributed by atoms with E-state index in [0.717, 1.165) is 0 Å². The SMILES string of the molecule is COc1ncc(Br)cc1S(=O)(=O)NCCO. The Balaban J connectivity index is 3.15. The predicted octanol–water partition coefficient (Wildman–Crippen LogP) is 0.123. The molecule has 1 heterocycles. The van der Waals surface area contributed by atoms with Crippen LogP contribution in [0.25, 0.3) is 0 Å². The molecule has 0 aliphatic carbocycles. The summed E-state index contributed by atoms with van der Waals surface area (Å²) < 4.78 is 31.1. The van der Waals surface area contributed by atoms with Crippen molar-refractivity contribution < 1.29 is 18.3 Å². The average molecular weight is 311 g/mol. The Bertz CT molecular complexity index is 463. The van der Waals surface area contributed by atoms with Gasteiger partial charge in [-0.1, -0.05) is 0 Å². The summed E-state index contributed by atoms with van der Waals surface area (Å²) in [6, 6.07) is 1.38. The van der Waals surface area contributed by atoms with Gasteiger partial charge >= 0.3 is 0 Å². The van der Waals surface area contributed by atoms with Crippen LogP contribution in [0.2, 0.25) is 0 Å². The van der Waals surface area contributed by atoms with E-state index in [1.165, 1.54) is 19.4 Å². The Morgan fingerprint density at radius 2 is 2.31 bits per heavy atom. The number of methoxy groups -OCH3 is 1. The Hall–Kier alpha value is -0.700. The molecular formula is C8H11BrN2O4S. The monoisotopic (exact) mass is 310 g/mol. The smallest absolute Gasteiger partial charge is 0.246 e. The first-order valence-electron chi connectivity index (χ1n) is 4.31. The second-order valence-corrected chi connectivity index (χ2v) is 5.43. The Morgan fingerprint density at radius 1 is 1.62 bits per heavy atom. The van der Waals surface area contributed by atoms with Crippen LogP contribution in [-0.4, -0.2) is 38.8 Å². The lowest BCUT2D eigenvalue weighted by Crippen LogP contribution is -2.27. The third-order valence-electron chi connectivity index (χ3n) is 1.67. The first kappa shape index (κ1) is 13.4. The molecule has 0 fully saturated rings. The molecule has 8 heteroatoms. The van der Waals surface area contributed by atoms with Crippen molar-refractivity contribution in [2.24, 2.45) is 0 Å². The first-order chi connectivity index (χ1) is 7.51. The van der Waals surface area contributed by atoms with Crippen LogP contribution >= 0.6 is 15.9 Å². The molecule has 0 bridgehead atoms. The Morgan fingerprint density at radius 3 is 2.88 bits per heavy atom. The molecule has 0 radical (unpaired) electrons. The van der Waals surface area contributed by atoms with Crippen molar-refractivity contribution in [1.29, 1.82) is 0 Å². The first-order valence-corrected chi connectivity index (χ1v) is 6.59. The van der Waals surface area contributed by atoms with Crippen molar-refractivity contribution in [3.05, 3.63) is 16.7 Å². The fourth-order valence-corrected chi connectivity index (χ4v) is 2.66. The van der Waals surface area contributed by atoms with Gasteiger partial charge in [0.05, 0.1) is 13.7 Å². The lowest BCUT2D eigenvalue weighted by atomic mass is 10.5. The zero-order valence-electron chi connectivity index (χ0n) is 8.47. The van der Waals surface area contributed by atoms with E-state index in [1.54, 1.807) is 0 Å². The van der Waals surface area contributed by atoms with Crippen LogP contribution in [0.4, 0.5) is 0 Å². The zero-order chi connectivity index (χ0) is 12.2. The van der Waals surface area contributed by atoms with Gasteiger partial charge in [0.15, 0.2) is 0 Å². The summed E-state index contributed by atoms with van der Waals surface area (Å²) >= 11 is 3.13. The summed E-state index contributed by atoms with van der Waals surface area (Å²) in [5.74, 6) is 0.00800.